The van der Waals surface area contributed by atoms with Gasteiger partial charge in [0, 0.05) is 18.9 Å². The van der Waals surface area contributed by atoms with E-state index in [1.54, 1.807) is 12.4 Å². The Hall–Kier alpha value is -1.95. The molecule has 2 aromatic heterocycles. The number of carbonyl (C=O) groups is 1. The fraction of sp³-hybridized carbons (Fsp3) is 0.182. The topological polar surface area (TPSA) is 75.1 Å². The Morgan fingerprint density at radius 1 is 1.53 bits per heavy atom. The maximum Gasteiger partial charge on any atom is 0.357 e. The van der Waals surface area contributed by atoms with Gasteiger partial charge in [0.25, 0.3) is 0 Å². The second-order valence-electron chi connectivity index (χ2n) is 3.37. The first-order chi connectivity index (χ1) is 8.27. The molecule has 0 unspecified atom stereocenters. The number of nitrogens with zero attached hydrogens (tertiary/aromatic N) is 2. The summed E-state index contributed by atoms with van der Waals surface area (Å²) in [6, 6.07) is 3.87. The Bertz CT molecular complexity index is 498. The minimum absolute atomic E-state index is 0.0844. The van der Waals surface area contributed by atoms with Crippen molar-refractivity contribution in [1.29, 1.82) is 0 Å². The van der Waals surface area contributed by atoms with E-state index in [4.69, 9.17) is 5.11 Å². The van der Waals surface area contributed by atoms with Crippen LogP contribution in [-0.4, -0.2) is 27.6 Å². The number of aromatic nitrogens is 2. The Balaban J connectivity index is 1.90. The monoisotopic (exact) mass is 249 g/mol. The molecule has 0 saturated heterocycles. The van der Waals surface area contributed by atoms with Crippen LogP contribution in [0.2, 0.25) is 0 Å². The Morgan fingerprint density at radius 2 is 2.41 bits per heavy atom. The Labute approximate surface area is 102 Å². The van der Waals surface area contributed by atoms with Crippen molar-refractivity contribution in [2.75, 3.05) is 11.9 Å². The molecule has 0 aliphatic carbocycles. The van der Waals surface area contributed by atoms with Gasteiger partial charge in [-0.25, -0.2) is 9.78 Å². The summed E-state index contributed by atoms with van der Waals surface area (Å²) in [6.45, 7) is 0.661. The van der Waals surface area contributed by atoms with Crippen molar-refractivity contribution in [3.63, 3.8) is 0 Å². The molecule has 0 fully saturated rings. The molecule has 2 rings (SSSR count). The third kappa shape index (κ3) is 3.01. The summed E-state index contributed by atoms with van der Waals surface area (Å²) in [4.78, 5) is 18.6. The molecule has 0 amide bonds. The summed E-state index contributed by atoms with van der Waals surface area (Å²) in [5.41, 5.74) is 2.72. The lowest BCUT2D eigenvalue weighted by atomic mass is 10.2. The van der Waals surface area contributed by atoms with Crippen molar-refractivity contribution < 1.29 is 9.90 Å². The van der Waals surface area contributed by atoms with Crippen LogP contribution in [0.4, 0.5) is 5.00 Å². The third-order valence-corrected chi connectivity index (χ3v) is 2.98. The van der Waals surface area contributed by atoms with Gasteiger partial charge in [-0.2, -0.15) is 0 Å². The molecule has 0 aliphatic rings. The van der Waals surface area contributed by atoms with Gasteiger partial charge in [-0.3, -0.25) is 4.98 Å². The summed E-state index contributed by atoms with van der Waals surface area (Å²) >= 11 is 1.29. The number of aromatic carboxylic acids is 1. The van der Waals surface area contributed by atoms with Crippen LogP contribution < -0.4 is 5.32 Å². The SMILES string of the molecule is O=C(O)c1ncsc1NCCc1cccnc1. The highest BCUT2D eigenvalue weighted by molar-refractivity contribution is 7.14. The second kappa shape index (κ2) is 5.40. The number of rotatable bonds is 5. The van der Waals surface area contributed by atoms with Crippen molar-refractivity contribution in [1.82, 2.24) is 9.97 Å². The molecule has 2 aromatic rings. The number of carboxylic acids is 1. The van der Waals surface area contributed by atoms with E-state index in [-0.39, 0.29) is 5.69 Å². The zero-order valence-corrected chi connectivity index (χ0v) is 9.78. The van der Waals surface area contributed by atoms with Crippen LogP contribution >= 0.6 is 11.3 Å². The summed E-state index contributed by atoms with van der Waals surface area (Å²) in [6.07, 6.45) is 4.32. The van der Waals surface area contributed by atoms with E-state index in [1.807, 2.05) is 12.1 Å². The van der Waals surface area contributed by atoms with E-state index in [2.05, 4.69) is 15.3 Å². The zero-order valence-electron chi connectivity index (χ0n) is 8.96. The molecule has 2 N–H and O–H groups in total. The number of thiazole rings is 1. The number of anilines is 1. The zero-order chi connectivity index (χ0) is 12.1. The average molecular weight is 249 g/mol. The van der Waals surface area contributed by atoms with Gasteiger partial charge in [-0.05, 0) is 18.1 Å². The summed E-state index contributed by atoms with van der Waals surface area (Å²) in [5.74, 6) is -1.00. The van der Waals surface area contributed by atoms with Crippen LogP contribution in [0.1, 0.15) is 16.1 Å². The van der Waals surface area contributed by atoms with E-state index >= 15 is 0 Å². The first-order valence-corrected chi connectivity index (χ1v) is 5.95. The molecular formula is C11H11N3O2S. The lowest BCUT2D eigenvalue weighted by Crippen LogP contribution is -2.08. The predicted octanol–water partition coefficient (Wildman–Crippen LogP) is 1.89. The van der Waals surface area contributed by atoms with Gasteiger partial charge in [0.05, 0.1) is 5.51 Å². The normalized spacial score (nSPS) is 10.1. The molecule has 0 aromatic carbocycles. The quantitative estimate of drug-likeness (QED) is 0.846. The van der Waals surface area contributed by atoms with Crippen LogP contribution in [0.15, 0.2) is 30.0 Å². The number of pyridine rings is 1. The molecule has 6 heteroatoms. The Kier molecular flexibility index (Phi) is 3.66. The van der Waals surface area contributed by atoms with Crippen LogP contribution in [0.5, 0.6) is 0 Å². The van der Waals surface area contributed by atoms with Crippen LogP contribution in [-0.2, 0) is 6.42 Å². The first-order valence-electron chi connectivity index (χ1n) is 5.07. The fourth-order valence-electron chi connectivity index (χ4n) is 1.39. The summed E-state index contributed by atoms with van der Waals surface area (Å²) < 4.78 is 0. The molecule has 0 atom stereocenters. The highest BCUT2D eigenvalue weighted by Crippen LogP contribution is 2.19. The van der Waals surface area contributed by atoms with Gasteiger partial charge in [-0.1, -0.05) is 6.07 Å². The van der Waals surface area contributed by atoms with Gasteiger partial charge >= 0.3 is 5.97 Å². The molecule has 88 valence electrons. The molecule has 2 heterocycles. The van der Waals surface area contributed by atoms with Crippen molar-refractivity contribution >= 4 is 22.3 Å². The largest absolute Gasteiger partial charge is 0.476 e. The van der Waals surface area contributed by atoms with Crippen molar-refractivity contribution in [2.45, 2.75) is 6.42 Å². The van der Waals surface area contributed by atoms with Gasteiger partial charge in [0.1, 0.15) is 5.00 Å². The lowest BCUT2D eigenvalue weighted by molar-refractivity contribution is 0.0692. The predicted molar refractivity (Wildman–Crippen MR) is 65.5 cm³/mol. The highest BCUT2D eigenvalue weighted by atomic mass is 32.1. The summed E-state index contributed by atoms with van der Waals surface area (Å²) in [7, 11) is 0. The lowest BCUT2D eigenvalue weighted by Gasteiger charge is -2.04. The van der Waals surface area contributed by atoms with E-state index in [0.717, 1.165) is 12.0 Å². The molecule has 0 radical (unpaired) electrons. The number of nitrogens with one attached hydrogen (secondary N) is 1. The van der Waals surface area contributed by atoms with Gasteiger partial charge in [0.15, 0.2) is 5.69 Å². The van der Waals surface area contributed by atoms with E-state index < -0.39 is 5.97 Å². The molecule has 5 nitrogen and oxygen atoms in total. The summed E-state index contributed by atoms with van der Waals surface area (Å²) in [5, 5.41) is 12.5. The number of hydrogen-bond acceptors (Lipinski definition) is 5. The van der Waals surface area contributed by atoms with Crippen LogP contribution in [0, 0.1) is 0 Å². The third-order valence-electron chi connectivity index (χ3n) is 2.19. The van der Waals surface area contributed by atoms with Gasteiger partial charge < -0.3 is 10.4 Å². The maximum atomic E-state index is 10.8. The van der Waals surface area contributed by atoms with Crippen molar-refractivity contribution in [3.8, 4) is 0 Å². The average Bonchev–Trinajstić information content (AvgIpc) is 2.79. The molecule has 0 aliphatic heterocycles. The van der Waals surface area contributed by atoms with E-state index in [0.29, 0.717) is 11.5 Å². The fourth-order valence-corrected chi connectivity index (χ4v) is 2.09. The van der Waals surface area contributed by atoms with Crippen molar-refractivity contribution in [3.05, 3.63) is 41.3 Å². The highest BCUT2D eigenvalue weighted by Gasteiger charge is 2.12. The molecule has 17 heavy (non-hydrogen) atoms. The van der Waals surface area contributed by atoms with E-state index in [9.17, 15) is 4.79 Å². The molecule has 0 spiro atoms. The molecular weight excluding hydrogens is 238 g/mol. The minimum atomic E-state index is -1.00. The number of hydrogen-bond donors (Lipinski definition) is 2. The van der Waals surface area contributed by atoms with Gasteiger partial charge in [-0.15, -0.1) is 11.3 Å². The number of carboxylic acid groups (broad SMARTS) is 1. The standard InChI is InChI=1S/C11H11N3O2S/c15-11(16)9-10(17-7-14-9)13-5-3-8-2-1-4-12-6-8/h1-2,4,6-7,13H,3,5H2,(H,15,16). The molecule has 0 bridgehead atoms. The van der Waals surface area contributed by atoms with Crippen LogP contribution in [0.25, 0.3) is 0 Å². The smallest absolute Gasteiger partial charge is 0.357 e. The van der Waals surface area contributed by atoms with Crippen LogP contribution in [0.3, 0.4) is 0 Å². The van der Waals surface area contributed by atoms with E-state index in [1.165, 1.54) is 16.8 Å². The minimum Gasteiger partial charge on any atom is -0.476 e. The van der Waals surface area contributed by atoms with Crippen molar-refractivity contribution in [2.24, 2.45) is 0 Å². The van der Waals surface area contributed by atoms with Gasteiger partial charge in [0.2, 0.25) is 0 Å². The maximum absolute atomic E-state index is 10.8. The second-order valence-corrected chi connectivity index (χ2v) is 4.23. The first kappa shape index (κ1) is 11.5. The Morgan fingerprint density at radius 3 is 3.12 bits per heavy atom. The molecule has 0 saturated carbocycles.